The van der Waals surface area contributed by atoms with Crippen molar-refractivity contribution in [1.29, 1.82) is 0 Å². The van der Waals surface area contributed by atoms with E-state index in [0.717, 1.165) is 38.3 Å². The molecule has 1 atom stereocenters. The minimum absolute atomic E-state index is 0.141. The number of anilines is 1. The molecule has 2 aromatic carbocycles. The maximum atomic E-state index is 14.0. The van der Waals surface area contributed by atoms with Crippen molar-refractivity contribution in [3.8, 4) is 0 Å². The zero-order valence-electron chi connectivity index (χ0n) is 20.2. The van der Waals surface area contributed by atoms with Gasteiger partial charge in [0.15, 0.2) is 11.6 Å². The Balaban J connectivity index is 1.58. The predicted octanol–water partition coefficient (Wildman–Crippen LogP) is 3.57. The third-order valence-corrected chi connectivity index (χ3v) is 6.39. The van der Waals surface area contributed by atoms with E-state index in [2.05, 4.69) is 52.5 Å². The predicted molar refractivity (Wildman–Crippen MR) is 129 cm³/mol. The van der Waals surface area contributed by atoms with Crippen molar-refractivity contribution in [3.05, 3.63) is 76.0 Å². The van der Waals surface area contributed by atoms with Crippen LogP contribution in [0.2, 0.25) is 0 Å². The number of nitrogens with one attached hydrogen (secondary N) is 2. The van der Waals surface area contributed by atoms with Crippen molar-refractivity contribution in [2.75, 3.05) is 44.2 Å². The summed E-state index contributed by atoms with van der Waals surface area (Å²) in [6.45, 7) is 9.37. The van der Waals surface area contributed by atoms with Gasteiger partial charge in [-0.3, -0.25) is 4.90 Å². The first kappa shape index (κ1) is 24.7. The second-order valence-corrected chi connectivity index (χ2v) is 8.87. The number of esters is 1. The van der Waals surface area contributed by atoms with Gasteiger partial charge in [0.05, 0.1) is 18.2 Å². The van der Waals surface area contributed by atoms with Gasteiger partial charge >= 0.3 is 12.0 Å². The van der Waals surface area contributed by atoms with Crippen LogP contribution in [0.25, 0.3) is 0 Å². The third kappa shape index (κ3) is 5.45. The number of carbonyl (C=O) groups is 2. The van der Waals surface area contributed by atoms with Crippen molar-refractivity contribution in [2.24, 2.45) is 0 Å². The van der Waals surface area contributed by atoms with Gasteiger partial charge in [-0.1, -0.05) is 18.2 Å². The second-order valence-electron chi connectivity index (χ2n) is 8.87. The van der Waals surface area contributed by atoms with Crippen LogP contribution in [0.15, 0.2) is 47.7 Å². The number of rotatable bonds is 6. The topological polar surface area (TPSA) is 73.9 Å². The van der Waals surface area contributed by atoms with E-state index in [-0.39, 0.29) is 17.7 Å². The molecule has 7 nitrogen and oxygen atoms in total. The molecule has 2 aliphatic rings. The molecule has 2 amide bonds. The Bertz CT molecular complexity index is 1160. The van der Waals surface area contributed by atoms with Crippen LogP contribution in [-0.2, 0) is 9.53 Å². The lowest BCUT2D eigenvalue weighted by Gasteiger charge is -2.38. The summed E-state index contributed by atoms with van der Waals surface area (Å²) in [5.41, 5.74) is 4.49. The monoisotopic (exact) mass is 484 g/mol. The molecule has 35 heavy (non-hydrogen) atoms. The summed E-state index contributed by atoms with van der Waals surface area (Å²) in [5, 5.41) is 5.40. The molecule has 2 aromatic rings. The molecule has 2 aliphatic heterocycles. The van der Waals surface area contributed by atoms with E-state index < -0.39 is 29.7 Å². The minimum atomic E-state index is -1.05. The Morgan fingerprint density at radius 3 is 2.49 bits per heavy atom. The molecule has 0 spiro atoms. The summed E-state index contributed by atoms with van der Waals surface area (Å²) in [7, 11) is 0. The van der Waals surface area contributed by atoms with E-state index >= 15 is 0 Å². The van der Waals surface area contributed by atoms with Crippen LogP contribution in [0.1, 0.15) is 29.7 Å². The van der Waals surface area contributed by atoms with Crippen LogP contribution in [0.4, 0.5) is 19.3 Å². The van der Waals surface area contributed by atoms with Gasteiger partial charge in [-0.05, 0) is 55.7 Å². The van der Waals surface area contributed by atoms with E-state index in [1.807, 2.05) is 0 Å². The number of urea groups is 1. The zero-order chi connectivity index (χ0) is 25.1. The largest absolute Gasteiger partial charge is 0.463 e. The zero-order valence-corrected chi connectivity index (χ0v) is 20.2. The molecular formula is C26H30F2N4O3. The molecule has 0 unspecified atom stereocenters. The molecule has 1 saturated heterocycles. The van der Waals surface area contributed by atoms with Gasteiger partial charge < -0.3 is 20.3 Å². The SMILES string of the molecule is CCOC(=O)C1=C(CN2CCN(c3cc(C)ccc3C)CC2)NC(=O)N[C@@H]1c1ccc(F)c(F)c1. The molecule has 2 heterocycles. The number of ether oxygens (including phenoxy) is 1. The normalized spacial score (nSPS) is 18.8. The first-order valence-corrected chi connectivity index (χ1v) is 11.7. The van der Waals surface area contributed by atoms with E-state index in [9.17, 15) is 18.4 Å². The molecule has 9 heteroatoms. The Morgan fingerprint density at radius 2 is 1.80 bits per heavy atom. The van der Waals surface area contributed by atoms with Gasteiger partial charge in [0.1, 0.15) is 0 Å². The summed E-state index contributed by atoms with van der Waals surface area (Å²) in [6, 6.07) is 8.26. The molecule has 0 saturated carbocycles. The molecule has 1 fully saturated rings. The van der Waals surface area contributed by atoms with Crippen LogP contribution < -0.4 is 15.5 Å². The number of carbonyl (C=O) groups excluding carboxylic acids is 2. The van der Waals surface area contributed by atoms with E-state index in [1.54, 1.807) is 6.92 Å². The number of piperazine rings is 1. The maximum Gasteiger partial charge on any atom is 0.338 e. The standard InChI is InChI=1S/C26H30F2N4O3/c1-4-35-25(33)23-21(29-26(34)30-24(23)18-7-8-19(27)20(28)14-18)15-31-9-11-32(12-10-31)22-13-16(2)5-6-17(22)3/h5-8,13-14,24H,4,9-12,15H2,1-3H3,(H2,29,30,34)/t24-/m1/s1. The lowest BCUT2D eigenvalue weighted by molar-refractivity contribution is -0.139. The van der Waals surface area contributed by atoms with Crippen molar-refractivity contribution in [3.63, 3.8) is 0 Å². The van der Waals surface area contributed by atoms with Crippen molar-refractivity contribution < 1.29 is 23.1 Å². The van der Waals surface area contributed by atoms with Crippen molar-refractivity contribution in [2.45, 2.75) is 26.8 Å². The highest BCUT2D eigenvalue weighted by atomic mass is 19.2. The van der Waals surface area contributed by atoms with Crippen molar-refractivity contribution in [1.82, 2.24) is 15.5 Å². The molecule has 0 radical (unpaired) electrons. The number of aryl methyl sites for hydroxylation is 2. The highest BCUT2D eigenvalue weighted by Gasteiger charge is 2.35. The summed E-state index contributed by atoms with van der Waals surface area (Å²) in [4.78, 5) is 29.9. The van der Waals surface area contributed by atoms with E-state index in [4.69, 9.17) is 4.74 Å². The molecular weight excluding hydrogens is 454 g/mol. The first-order chi connectivity index (χ1) is 16.8. The fraction of sp³-hybridized carbons (Fsp3) is 0.385. The number of nitrogens with zero attached hydrogens (tertiary/aromatic N) is 2. The highest BCUT2D eigenvalue weighted by Crippen LogP contribution is 2.30. The van der Waals surface area contributed by atoms with Gasteiger partial charge in [0, 0.05) is 44.1 Å². The molecule has 0 bridgehead atoms. The summed E-state index contributed by atoms with van der Waals surface area (Å²) >= 11 is 0. The first-order valence-electron chi connectivity index (χ1n) is 11.7. The van der Waals surface area contributed by atoms with E-state index in [1.165, 1.54) is 22.9 Å². The van der Waals surface area contributed by atoms with Gasteiger partial charge in [0.25, 0.3) is 0 Å². The summed E-state index contributed by atoms with van der Waals surface area (Å²) in [5.74, 6) is -2.67. The molecule has 4 rings (SSSR count). The van der Waals surface area contributed by atoms with Gasteiger partial charge in [-0.2, -0.15) is 0 Å². The van der Waals surface area contributed by atoms with E-state index in [0.29, 0.717) is 12.2 Å². The average Bonchev–Trinajstić information content (AvgIpc) is 2.82. The number of benzene rings is 2. The Hall–Kier alpha value is -3.46. The second kappa shape index (κ2) is 10.4. The van der Waals surface area contributed by atoms with Gasteiger partial charge in [-0.15, -0.1) is 0 Å². The minimum Gasteiger partial charge on any atom is -0.463 e. The van der Waals surface area contributed by atoms with Gasteiger partial charge in [-0.25, -0.2) is 18.4 Å². The number of halogens is 2. The van der Waals surface area contributed by atoms with Crippen molar-refractivity contribution >= 4 is 17.7 Å². The van der Waals surface area contributed by atoms with Crippen LogP contribution >= 0.6 is 0 Å². The molecule has 0 aromatic heterocycles. The van der Waals surface area contributed by atoms with Crippen LogP contribution in [-0.4, -0.2) is 56.2 Å². The average molecular weight is 485 g/mol. The van der Waals surface area contributed by atoms with Crippen LogP contribution in [0.5, 0.6) is 0 Å². The number of hydrogen-bond acceptors (Lipinski definition) is 5. The molecule has 0 aliphatic carbocycles. The van der Waals surface area contributed by atoms with Gasteiger partial charge in [0.2, 0.25) is 0 Å². The Morgan fingerprint density at radius 1 is 1.06 bits per heavy atom. The molecule has 2 N–H and O–H groups in total. The number of amides is 2. The lowest BCUT2D eigenvalue weighted by Crippen LogP contribution is -2.52. The summed E-state index contributed by atoms with van der Waals surface area (Å²) < 4.78 is 32.7. The number of hydrogen-bond donors (Lipinski definition) is 2. The van der Waals surface area contributed by atoms with Crippen LogP contribution in [0, 0.1) is 25.5 Å². The fourth-order valence-electron chi connectivity index (χ4n) is 4.57. The van der Waals surface area contributed by atoms with Crippen LogP contribution in [0.3, 0.4) is 0 Å². The smallest absolute Gasteiger partial charge is 0.338 e. The quantitative estimate of drug-likeness (QED) is 0.614. The maximum absolute atomic E-state index is 14.0. The Labute approximate surface area is 203 Å². The summed E-state index contributed by atoms with van der Waals surface area (Å²) in [6.07, 6.45) is 0. The fourth-order valence-corrected chi connectivity index (χ4v) is 4.57. The molecule has 186 valence electrons. The third-order valence-electron chi connectivity index (χ3n) is 6.39. The Kier molecular flexibility index (Phi) is 7.35. The lowest BCUT2D eigenvalue weighted by atomic mass is 9.94. The highest BCUT2D eigenvalue weighted by molar-refractivity contribution is 5.95.